The van der Waals surface area contributed by atoms with Crippen molar-refractivity contribution in [1.29, 1.82) is 0 Å². The predicted molar refractivity (Wildman–Crippen MR) is 126 cm³/mol. The molecule has 0 saturated heterocycles. The van der Waals surface area contributed by atoms with Crippen LogP contribution in [0.5, 0.6) is 0 Å². The topological polar surface area (TPSA) is 0 Å². The average Bonchev–Trinajstić information content (AvgIpc) is 3.30. The van der Waals surface area contributed by atoms with Gasteiger partial charge in [-0.2, -0.15) is 0 Å². The number of rotatable bonds is 7. The Bertz CT molecular complexity index is 836. The Kier molecular flexibility index (Phi) is 5.53. The van der Waals surface area contributed by atoms with Gasteiger partial charge in [-0.3, -0.25) is 0 Å². The minimum Gasteiger partial charge on any atom is -0.122 e. The van der Waals surface area contributed by atoms with E-state index in [9.17, 15) is 0 Å². The number of hydrogen-bond donors (Lipinski definition) is 0. The molecule has 28 heavy (non-hydrogen) atoms. The quantitative estimate of drug-likeness (QED) is 0.379. The van der Waals surface area contributed by atoms with Gasteiger partial charge in [-0.1, -0.05) is 98.5 Å². The van der Waals surface area contributed by atoms with Crippen molar-refractivity contribution in [2.24, 2.45) is 11.8 Å². The zero-order chi connectivity index (χ0) is 19.6. The third kappa shape index (κ3) is 3.86. The number of hydrogen-bond acceptors (Lipinski definition) is 1. The van der Waals surface area contributed by atoms with Crippen LogP contribution in [0.4, 0.5) is 0 Å². The van der Waals surface area contributed by atoms with Gasteiger partial charge < -0.3 is 0 Å². The van der Waals surface area contributed by atoms with Crippen LogP contribution < -0.4 is 0 Å². The summed E-state index contributed by atoms with van der Waals surface area (Å²) in [6.45, 7) is 7.73. The van der Waals surface area contributed by atoms with Crippen LogP contribution in [0.3, 0.4) is 0 Å². The molecule has 1 saturated carbocycles. The molecule has 1 fully saturated rings. The van der Waals surface area contributed by atoms with Gasteiger partial charge in [0.25, 0.3) is 0 Å². The van der Waals surface area contributed by atoms with Crippen molar-refractivity contribution in [2.75, 3.05) is 0 Å². The normalized spacial score (nSPS) is 24.1. The lowest BCUT2D eigenvalue weighted by Gasteiger charge is -2.31. The van der Waals surface area contributed by atoms with Gasteiger partial charge in [0.2, 0.25) is 0 Å². The molecule has 3 aromatic carbocycles. The lowest BCUT2D eigenvalue weighted by molar-refractivity contribution is 0.693. The molecule has 2 heteroatoms. The van der Waals surface area contributed by atoms with E-state index < -0.39 is 8.07 Å². The molecular formula is C26H30SSi. The van der Waals surface area contributed by atoms with E-state index in [2.05, 4.69) is 122 Å². The maximum atomic E-state index is 2.58. The van der Waals surface area contributed by atoms with E-state index in [1.54, 1.807) is 0 Å². The van der Waals surface area contributed by atoms with Crippen molar-refractivity contribution >= 4 is 19.8 Å². The molecule has 0 amide bonds. The van der Waals surface area contributed by atoms with Gasteiger partial charge in [-0.05, 0) is 47.9 Å². The maximum absolute atomic E-state index is 2.58. The second kappa shape index (κ2) is 7.92. The molecule has 144 valence electrons. The van der Waals surface area contributed by atoms with E-state index in [4.69, 9.17) is 0 Å². The van der Waals surface area contributed by atoms with Gasteiger partial charge >= 0.3 is 0 Å². The highest BCUT2D eigenvalue weighted by Crippen LogP contribution is 2.68. The summed E-state index contributed by atoms with van der Waals surface area (Å²) in [6.07, 6.45) is 2.39. The fourth-order valence-corrected chi connectivity index (χ4v) is 10.7. The Morgan fingerprint density at radius 2 is 1.04 bits per heavy atom. The molecule has 4 rings (SSSR count). The highest BCUT2D eigenvalue weighted by molar-refractivity contribution is 8.03. The first-order valence-electron chi connectivity index (χ1n) is 10.3. The van der Waals surface area contributed by atoms with Gasteiger partial charge in [0, 0.05) is 9.27 Å². The second-order valence-electron chi connectivity index (χ2n) is 9.05. The van der Waals surface area contributed by atoms with Gasteiger partial charge in [0.15, 0.2) is 0 Å². The summed E-state index contributed by atoms with van der Waals surface area (Å²) in [5.74, 6) is 1.49. The summed E-state index contributed by atoms with van der Waals surface area (Å²) < 4.78 is 0.389. The van der Waals surface area contributed by atoms with E-state index in [0.717, 1.165) is 11.8 Å². The Balaban J connectivity index is 1.68. The third-order valence-corrected chi connectivity index (χ3v) is 13.0. The molecule has 2 atom stereocenters. The van der Waals surface area contributed by atoms with E-state index >= 15 is 0 Å². The molecule has 3 aromatic rings. The smallest absolute Gasteiger partial charge is 0.0638 e. The predicted octanol–water partition coefficient (Wildman–Crippen LogP) is 7.13. The van der Waals surface area contributed by atoms with Crippen LogP contribution in [0.1, 0.15) is 11.1 Å². The summed E-state index contributed by atoms with van der Waals surface area (Å²) in [7, 11) is -1.43. The fourth-order valence-electron chi connectivity index (χ4n) is 4.93. The van der Waals surface area contributed by atoms with Crippen molar-refractivity contribution in [2.45, 2.75) is 41.7 Å². The van der Waals surface area contributed by atoms with Crippen molar-refractivity contribution in [1.82, 2.24) is 0 Å². The van der Waals surface area contributed by atoms with Crippen molar-refractivity contribution in [3.8, 4) is 0 Å². The molecule has 0 N–H and O–H groups in total. The standard InChI is InChI=1S/C26H30SSi/c1-28(2,3)26(27-23-17-11-6-12-18-23)24(19-21-13-7-4-8-14-21)25(26)20-22-15-9-5-10-16-22/h4-18,24-25H,19-20H2,1-3H3/t24-,25-/m0/s1. The first kappa shape index (κ1) is 19.5. The average molecular weight is 403 g/mol. The minimum atomic E-state index is -1.43. The lowest BCUT2D eigenvalue weighted by atomic mass is 10.0. The summed E-state index contributed by atoms with van der Waals surface area (Å²) in [6, 6.07) is 33.3. The van der Waals surface area contributed by atoms with E-state index in [0.29, 0.717) is 4.37 Å². The van der Waals surface area contributed by atoms with E-state index in [1.165, 1.54) is 28.9 Å². The Labute approximate surface area is 175 Å². The first-order chi connectivity index (χ1) is 13.5. The molecular weight excluding hydrogens is 372 g/mol. The van der Waals surface area contributed by atoms with Gasteiger partial charge in [0.05, 0.1) is 8.07 Å². The molecule has 0 bridgehead atoms. The molecule has 0 nitrogen and oxygen atoms in total. The van der Waals surface area contributed by atoms with Crippen molar-refractivity contribution < 1.29 is 0 Å². The molecule has 0 aliphatic heterocycles. The molecule has 0 radical (unpaired) electrons. The summed E-state index contributed by atoms with van der Waals surface area (Å²) in [5.41, 5.74) is 2.97. The fraction of sp³-hybridized carbons (Fsp3) is 0.308. The van der Waals surface area contributed by atoms with E-state index in [-0.39, 0.29) is 0 Å². The van der Waals surface area contributed by atoms with Gasteiger partial charge in [0.1, 0.15) is 0 Å². The highest BCUT2D eigenvalue weighted by Gasteiger charge is 2.69. The van der Waals surface area contributed by atoms with Crippen LogP contribution in [0, 0.1) is 11.8 Å². The monoisotopic (exact) mass is 402 g/mol. The molecule has 0 unspecified atom stereocenters. The number of thioether (sulfide) groups is 1. The van der Waals surface area contributed by atoms with Gasteiger partial charge in [-0.25, -0.2) is 0 Å². The van der Waals surface area contributed by atoms with Crippen LogP contribution in [-0.2, 0) is 12.8 Å². The zero-order valence-corrected chi connectivity index (χ0v) is 19.0. The second-order valence-corrected chi connectivity index (χ2v) is 16.1. The van der Waals surface area contributed by atoms with Gasteiger partial charge in [-0.15, -0.1) is 11.8 Å². The molecule has 1 aliphatic carbocycles. The largest absolute Gasteiger partial charge is 0.122 e. The molecule has 0 heterocycles. The molecule has 0 aromatic heterocycles. The summed E-state index contributed by atoms with van der Waals surface area (Å²) in [5, 5.41) is 0. The van der Waals surface area contributed by atoms with Crippen molar-refractivity contribution in [3.05, 3.63) is 102 Å². The first-order valence-corrected chi connectivity index (χ1v) is 14.6. The Morgan fingerprint density at radius 3 is 1.43 bits per heavy atom. The Hall–Kier alpha value is -1.77. The summed E-state index contributed by atoms with van der Waals surface area (Å²) in [4.78, 5) is 1.43. The highest BCUT2D eigenvalue weighted by atomic mass is 32.2. The van der Waals surface area contributed by atoms with Crippen LogP contribution in [-0.4, -0.2) is 12.4 Å². The number of benzene rings is 3. The molecule has 1 aliphatic rings. The van der Waals surface area contributed by atoms with E-state index in [1.807, 2.05) is 0 Å². The SMILES string of the molecule is C[Si](C)(C)C1(Sc2ccccc2)[C@@H](Cc2ccccc2)[C@@H]1Cc1ccccc1. The van der Waals surface area contributed by atoms with Crippen LogP contribution in [0.15, 0.2) is 95.9 Å². The summed E-state index contributed by atoms with van der Waals surface area (Å²) >= 11 is 2.18. The lowest BCUT2D eigenvalue weighted by Crippen LogP contribution is -2.41. The maximum Gasteiger partial charge on any atom is 0.0638 e. The van der Waals surface area contributed by atoms with Crippen LogP contribution in [0.2, 0.25) is 19.6 Å². The Morgan fingerprint density at radius 1 is 0.643 bits per heavy atom. The van der Waals surface area contributed by atoms with Crippen LogP contribution >= 0.6 is 11.8 Å². The van der Waals surface area contributed by atoms with Crippen molar-refractivity contribution in [3.63, 3.8) is 0 Å². The minimum absolute atomic E-state index is 0.389. The molecule has 0 spiro atoms. The van der Waals surface area contributed by atoms with Crippen LogP contribution in [0.25, 0.3) is 0 Å². The third-order valence-electron chi connectivity index (χ3n) is 6.28. The zero-order valence-electron chi connectivity index (χ0n) is 17.1.